The molecule has 0 bridgehead atoms. The zero-order chi connectivity index (χ0) is 16.0. The van der Waals surface area contributed by atoms with Gasteiger partial charge in [-0.3, -0.25) is 9.59 Å². The fourth-order valence-electron chi connectivity index (χ4n) is 1.55. The number of hydrogen-bond acceptors (Lipinski definition) is 5. The van der Waals surface area contributed by atoms with Gasteiger partial charge >= 0.3 is 11.9 Å². The number of benzene rings is 1. The van der Waals surface area contributed by atoms with Gasteiger partial charge in [0.2, 0.25) is 0 Å². The number of phenolic OH excluding ortho intramolecular Hbond substituents is 1. The standard InChI is InChI=1S/C13H14BrNO6/c1-21-11(17)5-4-9(13(19)20)15-12(18)8-3-2-7(14)6-10(8)16/h2-3,6,9,16H,4-5H2,1H3,(H,15,18)(H,19,20)/t9-/m0/s1. The highest BCUT2D eigenvalue weighted by atomic mass is 79.9. The summed E-state index contributed by atoms with van der Waals surface area (Å²) in [5.41, 5.74) is -0.0532. The van der Waals surface area contributed by atoms with Crippen molar-refractivity contribution in [1.29, 1.82) is 0 Å². The molecule has 1 aromatic carbocycles. The lowest BCUT2D eigenvalue weighted by molar-refractivity contribution is -0.142. The van der Waals surface area contributed by atoms with E-state index in [1.165, 1.54) is 19.2 Å². The van der Waals surface area contributed by atoms with Crippen LogP contribution >= 0.6 is 15.9 Å². The Balaban J connectivity index is 2.76. The molecule has 0 aliphatic rings. The third kappa shape index (κ3) is 5.07. The number of methoxy groups -OCH3 is 1. The quantitative estimate of drug-likeness (QED) is 0.659. The van der Waals surface area contributed by atoms with Crippen LogP contribution in [0.3, 0.4) is 0 Å². The van der Waals surface area contributed by atoms with Crippen molar-refractivity contribution in [2.24, 2.45) is 0 Å². The average molecular weight is 360 g/mol. The first-order valence-electron chi connectivity index (χ1n) is 5.94. The fourth-order valence-corrected chi connectivity index (χ4v) is 1.90. The zero-order valence-corrected chi connectivity index (χ0v) is 12.7. The van der Waals surface area contributed by atoms with Crippen LogP contribution in [0.5, 0.6) is 5.75 Å². The average Bonchev–Trinajstić information content (AvgIpc) is 2.42. The zero-order valence-electron chi connectivity index (χ0n) is 11.1. The maximum absolute atomic E-state index is 11.9. The summed E-state index contributed by atoms with van der Waals surface area (Å²) in [6.07, 6.45) is -0.245. The number of esters is 1. The van der Waals surface area contributed by atoms with Gasteiger partial charge < -0.3 is 20.3 Å². The van der Waals surface area contributed by atoms with Crippen LogP contribution in [-0.2, 0) is 14.3 Å². The van der Waals surface area contributed by atoms with E-state index >= 15 is 0 Å². The minimum atomic E-state index is -1.27. The van der Waals surface area contributed by atoms with Crippen molar-refractivity contribution in [3.63, 3.8) is 0 Å². The van der Waals surface area contributed by atoms with Gasteiger partial charge in [-0.05, 0) is 24.6 Å². The molecule has 7 nitrogen and oxygen atoms in total. The van der Waals surface area contributed by atoms with Crippen LogP contribution in [0.2, 0.25) is 0 Å². The lowest BCUT2D eigenvalue weighted by Gasteiger charge is -2.14. The number of aromatic hydroxyl groups is 1. The van der Waals surface area contributed by atoms with Crippen molar-refractivity contribution in [3.8, 4) is 5.75 Å². The van der Waals surface area contributed by atoms with Crippen molar-refractivity contribution < 1.29 is 29.3 Å². The van der Waals surface area contributed by atoms with Gasteiger partial charge in [0, 0.05) is 10.9 Å². The molecule has 0 radical (unpaired) electrons. The summed E-state index contributed by atoms with van der Waals surface area (Å²) in [5.74, 6) is -2.86. The van der Waals surface area contributed by atoms with Crippen molar-refractivity contribution in [2.45, 2.75) is 18.9 Å². The predicted octanol–water partition coefficient (Wildman–Crippen LogP) is 1.29. The van der Waals surface area contributed by atoms with Gasteiger partial charge in [0.05, 0.1) is 12.7 Å². The number of carbonyl (C=O) groups is 3. The molecule has 1 aromatic rings. The van der Waals surface area contributed by atoms with Gasteiger partial charge in [-0.15, -0.1) is 0 Å². The van der Waals surface area contributed by atoms with E-state index in [1.807, 2.05) is 0 Å². The molecule has 0 heterocycles. The third-order valence-corrected chi connectivity index (χ3v) is 3.17. The van der Waals surface area contributed by atoms with Crippen molar-refractivity contribution in [1.82, 2.24) is 5.32 Å². The molecule has 21 heavy (non-hydrogen) atoms. The molecule has 1 atom stereocenters. The second kappa shape index (κ2) is 7.63. The van der Waals surface area contributed by atoms with E-state index in [-0.39, 0.29) is 24.2 Å². The molecule has 0 unspecified atom stereocenters. The summed E-state index contributed by atoms with van der Waals surface area (Å²) in [6.45, 7) is 0. The van der Waals surface area contributed by atoms with E-state index < -0.39 is 23.9 Å². The van der Waals surface area contributed by atoms with Gasteiger partial charge in [0.15, 0.2) is 0 Å². The van der Waals surface area contributed by atoms with E-state index in [2.05, 4.69) is 26.0 Å². The molecule has 0 spiro atoms. The Hall–Kier alpha value is -2.09. The largest absolute Gasteiger partial charge is 0.507 e. The first-order chi connectivity index (χ1) is 9.85. The van der Waals surface area contributed by atoms with Crippen LogP contribution in [0.1, 0.15) is 23.2 Å². The second-order valence-electron chi connectivity index (χ2n) is 4.14. The molecule has 0 saturated carbocycles. The van der Waals surface area contributed by atoms with Crippen LogP contribution in [0.25, 0.3) is 0 Å². The highest BCUT2D eigenvalue weighted by molar-refractivity contribution is 9.10. The van der Waals surface area contributed by atoms with E-state index in [0.717, 1.165) is 0 Å². The molecule has 0 saturated heterocycles. The number of rotatable bonds is 6. The van der Waals surface area contributed by atoms with Crippen molar-refractivity contribution in [3.05, 3.63) is 28.2 Å². The van der Waals surface area contributed by atoms with E-state index in [9.17, 15) is 19.5 Å². The van der Waals surface area contributed by atoms with Crippen LogP contribution in [0, 0.1) is 0 Å². The van der Waals surface area contributed by atoms with Gasteiger partial charge in [-0.1, -0.05) is 15.9 Å². The molecule has 0 aromatic heterocycles. The summed E-state index contributed by atoms with van der Waals surface area (Å²) >= 11 is 3.13. The smallest absolute Gasteiger partial charge is 0.326 e. The minimum Gasteiger partial charge on any atom is -0.507 e. The maximum Gasteiger partial charge on any atom is 0.326 e. The molecular formula is C13H14BrNO6. The van der Waals surface area contributed by atoms with Crippen LogP contribution in [0.15, 0.2) is 22.7 Å². The molecule has 1 rings (SSSR count). The van der Waals surface area contributed by atoms with E-state index in [1.54, 1.807) is 6.07 Å². The maximum atomic E-state index is 11.9. The molecule has 1 amide bonds. The number of carbonyl (C=O) groups excluding carboxylic acids is 2. The predicted molar refractivity (Wildman–Crippen MR) is 75.9 cm³/mol. The summed E-state index contributed by atoms with van der Waals surface area (Å²) in [5, 5.41) is 20.9. The summed E-state index contributed by atoms with van der Waals surface area (Å²) in [7, 11) is 1.19. The number of carboxylic acids is 1. The minimum absolute atomic E-state index is 0.0532. The topological polar surface area (TPSA) is 113 Å². The summed E-state index contributed by atoms with van der Waals surface area (Å²) in [4.78, 5) is 34.0. The third-order valence-electron chi connectivity index (χ3n) is 2.67. The Labute approximate surface area is 129 Å². The van der Waals surface area contributed by atoms with E-state index in [4.69, 9.17) is 5.11 Å². The van der Waals surface area contributed by atoms with Crippen LogP contribution < -0.4 is 5.32 Å². The number of phenols is 1. The van der Waals surface area contributed by atoms with Gasteiger partial charge in [-0.2, -0.15) is 0 Å². The molecule has 0 aliphatic heterocycles. The molecule has 0 aliphatic carbocycles. The summed E-state index contributed by atoms with van der Waals surface area (Å²) < 4.78 is 4.99. The number of nitrogens with one attached hydrogen (secondary N) is 1. The van der Waals surface area contributed by atoms with Crippen molar-refractivity contribution >= 4 is 33.8 Å². The molecular weight excluding hydrogens is 346 g/mol. The Kier molecular flexibility index (Phi) is 6.16. The molecule has 3 N–H and O–H groups in total. The normalized spacial score (nSPS) is 11.5. The Morgan fingerprint density at radius 2 is 2.05 bits per heavy atom. The molecule has 8 heteroatoms. The van der Waals surface area contributed by atoms with E-state index in [0.29, 0.717) is 4.47 Å². The number of aliphatic carboxylic acids is 1. The molecule has 0 fully saturated rings. The summed E-state index contributed by atoms with van der Waals surface area (Å²) in [6, 6.07) is 2.96. The SMILES string of the molecule is COC(=O)CC[C@H](NC(=O)c1ccc(Br)cc1O)C(=O)O. The number of amides is 1. The number of hydrogen-bond donors (Lipinski definition) is 3. The van der Waals surface area contributed by atoms with Crippen LogP contribution in [-0.4, -0.2) is 41.2 Å². The first-order valence-corrected chi connectivity index (χ1v) is 6.73. The number of ether oxygens (including phenoxy) is 1. The molecule has 114 valence electrons. The van der Waals surface area contributed by atoms with Gasteiger partial charge in [0.25, 0.3) is 5.91 Å². The lowest BCUT2D eigenvalue weighted by atomic mass is 10.1. The monoisotopic (exact) mass is 359 g/mol. The van der Waals surface area contributed by atoms with Crippen molar-refractivity contribution in [2.75, 3.05) is 7.11 Å². The van der Waals surface area contributed by atoms with Gasteiger partial charge in [0.1, 0.15) is 11.8 Å². The number of carboxylic acid groups (broad SMARTS) is 1. The Morgan fingerprint density at radius 3 is 2.57 bits per heavy atom. The van der Waals surface area contributed by atoms with Crippen LogP contribution in [0.4, 0.5) is 0 Å². The number of halogens is 1. The fraction of sp³-hybridized carbons (Fsp3) is 0.308. The second-order valence-corrected chi connectivity index (χ2v) is 5.06. The highest BCUT2D eigenvalue weighted by Crippen LogP contribution is 2.22. The highest BCUT2D eigenvalue weighted by Gasteiger charge is 2.23. The Bertz CT molecular complexity index is 560. The first kappa shape index (κ1) is 17.0. The Morgan fingerprint density at radius 1 is 1.38 bits per heavy atom. The van der Waals surface area contributed by atoms with Gasteiger partial charge in [-0.25, -0.2) is 4.79 Å². The lowest BCUT2D eigenvalue weighted by Crippen LogP contribution is -2.41.